The van der Waals surface area contributed by atoms with E-state index in [2.05, 4.69) is 0 Å². The highest BCUT2D eigenvalue weighted by Crippen LogP contribution is 2.54. The summed E-state index contributed by atoms with van der Waals surface area (Å²) in [5.74, 6) is -6.45. The summed E-state index contributed by atoms with van der Waals surface area (Å²) in [5, 5.41) is 45.1. The molecule has 4 atom stereocenters. The van der Waals surface area contributed by atoms with Gasteiger partial charge in [0.05, 0.1) is 31.4 Å². The second-order valence-electron chi connectivity index (χ2n) is 11.6. The van der Waals surface area contributed by atoms with Crippen molar-refractivity contribution in [2.45, 2.75) is 51.0 Å². The fourth-order valence-electron chi connectivity index (χ4n) is 6.54. The first-order valence-corrected chi connectivity index (χ1v) is 13.5. The number of carbonyl (C=O) groups is 3. The second kappa shape index (κ2) is 11.1. The summed E-state index contributed by atoms with van der Waals surface area (Å²) < 4.78 is 11.4. The van der Waals surface area contributed by atoms with E-state index < -0.39 is 58.0 Å². The molecule has 12 nitrogen and oxygen atoms in total. The minimum Gasteiger partial charge on any atom is -0.508 e. The van der Waals surface area contributed by atoms with Crippen LogP contribution in [0, 0.1) is 11.8 Å². The smallest absolute Gasteiger partial charge is 0.255 e. The summed E-state index contributed by atoms with van der Waals surface area (Å²) in [5.41, 5.74) is 2.78. The van der Waals surface area contributed by atoms with Crippen LogP contribution in [0.2, 0.25) is 0 Å². The molecule has 12 heteroatoms. The summed E-state index contributed by atoms with van der Waals surface area (Å²) in [6.07, 6.45) is 0.253. The minimum absolute atomic E-state index is 0.00630. The Morgan fingerprint density at radius 1 is 1.20 bits per heavy atom. The molecule has 6 N–H and O–H groups in total. The number of nitrogens with zero attached hydrogens (tertiary/aromatic N) is 2. The van der Waals surface area contributed by atoms with Crippen molar-refractivity contribution in [2.75, 3.05) is 41.4 Å². The van der Waals surface area contributed by atoms with Gasteiger partial charge in [0.1, 0.15) is 28.6 Å². The molecule has 0 spiro atoms. The average Bonchev–Trinajstić information content (AvgIpc) is 2.85. The van der Waals surface area contributed by atoms with E-state index in [-0.39, 0.29) is 35.8 Å². The number of aliphatic hydroxyl groups excluding tert-OH is 2. The van der Waals surface area contributed by atoms with E-state index in [9.17, 15) is 34.8 Å². The number of benzene rings is 1. The molecule has 224 valence electrons. The molecule has 1 fully saturated rings. The number of methoxy groups -OCH3 is 1. The number of aromatic hydroxyl groups is 1. The molecule has 1 amide bonds. The van der Waals surface area contributed by atoms with Crippen molar-refractivity contribution in [1.82, 2.24) is 9.80 Å². The van der Waals surface area contributed by atoms with Crippen LogP contribution in [0.15, 0.2) is 23.0 Å². The Balaban J connectivity index is 1.82. The van der Waals surface area contributed by atoms with Crippen LogP contribution in [0.1, 0.15) is 37.0 Å². The molecule has 1 aromatic rings. The topological polar surface area (TPSA) is 183 Å². The van der Waals surface area contributed by atoms with Gasteiger partial charge >= 0.3 is 0 Å². The van der Waals surface area contributed by atoms with Gasteiger partial charge in [-0.3, -0.25) is 24.2 Å². The number of aliphatic hydroxyl groups is 3. The molecular weight excluding hydrogens is 534 g/mol. The van der Waals surface area contributed by atoms with E-state index in [4.69, 9.17) is 15.2 Å². The average molecular weight is 574 g/mol. The van der Waals surface area contributed by atoms with Gasteiger partial charge in [-0.1, -0.05) is 0 Å². The zero-order valence-electron chi connectivity index (χ0n) is 24.2. The molecule has 4 rings (SSSR count). The maximum atomic E-state index is 13.9. The number of carbonyl (C=O) groups excluding carboxylic acids is 3. The van der Waals surface area contributed by atoms with Gasteiger partial charge in [-0.05, 0) is 59.8 Å². The number of amides is 1. The predicted molar refractivity (Wildman–Crippen MR) is 148 cm³/mol. The first-order chi connectivity index (χ1) is 19.2. The van der Waals surface area contributed by atoms with Crippen molar-refractivity contribution in [3.63, 3.8) is 0 Å². The Morgan fingerprint density at radius 2 is 1.85 bits per heavy atom. The highest BCUT2D eigenvalue weighted by molar-refractivity contribution is 6.24. The first-order valence-electron chi connectivity index (χ1n) is 13.5. The van der Waals surface area contributed by atoms with Gasteiger partial charge in [-0.15, -0.1) is 0 Å². The van der Waals surface area contributed by atoms with Gasteiger partial charge in [-0.2, -0.15) is 0 Å². The summed E-state index contributed by atoms with van der Waals surface area (Å²) >= 11 is 0. The Kier molecular flexibility index (Phi) is 8.25. The lowest BCUT2D eigenvalue weighted by atomic mass is 9.57. The molecule has 3 aliphatic rings. The number of ketones is 2. The van der Waals surface area contributed by atoms with Gasteiger partial charge in [0.25, 0.3) is 5.91 Å². The van der Waals surface area contributed by atoms with Crippen LogP contribution in [-0.2, 0) is 32.1 Å². The van der Waals surface area contributed by atoms with E-state index in [0.717, 1.165) is 0 Å². The molecule has 0 radical (unpaired) electrons. The highest BCUT2D eigenvalue weighted by atomic mass is 16.5. The van der Waals surface area contributed by atoms with Crippen LogP contribution in [0.25, 0.3) is 5.76 Å². The Morgan fingerprint density at radius 3 is 2.41 bits per heavy atom. The van der Waals surface area contributed by atoms with E-state index >= 15 is 0 Å². The number of phenols is 1. The maximum absolute atomic E-state index is 13.9. The Hall–Kier alpha value is -3.45. The molecule has 0 heterocycles. The van der Waals surface area contributed by atoms with Gasteiger partial charge in [0.2, 0.25) is 5.78 Å². The number of primary amides is 1. The third-order valence-corrected chi connectivity index (χ3v) is 8.32. The molecule has 0 aliphatic heterocycles. The van der Waals surface area contributed by atoms with Crippen LogP contribution in [-0.4, -0.2) is 107 Å². The first kappa shape index (κ1) is 30.5. The van der Waals surface area contributed by atoms with Crippen molar-refractivity contribution in [3.8, 4) is 11.5 Å². The van der Waals surface area contributed by atoms with Crippen molar-refractivity contribution in [3.05, 3.63) is 39.7 Å². The maximum Gasteiger partial charge on any atom is 0.255 e. The fraction of sp³-hybridized carbons (Fsp3) is 0.552. The van der Waals surface area contributed by atoms with Crippen LogP contribution in [0.3, 0.4) is 0 Å². The fourth-order valence-corrected chi connectivity index (χ4v) is 6.54. The largest absolute Gasteiger partial charge is 0.508 e. The lowest BCUT2D eigenvalue weighted by Gasteiger charge is -2.50. The van der Waals surface area contributed by atoms with Gasteiger partial charge < -0.3 is 35.6 Å². The van der Waals surface area contributed by atoms with Crippen molar-refractivity contribution in [2.24, 2.45) is 17.6 Å². The Labute approximate surface area is 238 Å². The van der Waals surface area contributed by atoms with Crippen molar-refractivity contribution < 1.29 is 44.3 Å². The van der Waals surface area contributed by atoms with Gasteiger partial charge in [0.15, 0.2) is 11.4 Å². The third-order valence-electron chi connectivity index (χ3n) is 8.32. The lowest BCUT2D eigenvalue weighted by Crippen LogP contribution is -2.65. The summed E-state index contributed by atoms with van der Waals surface area (Å²) in [4.78, 5) is 42.8. The van der Waals surface area contributed by atoms with Crippen molar-refractivity contribution >= 4 is 23.2 Å². The van der Waals surface area contributed by atoms with Crippen LogP contribution >= 0.6 is 0 Å². The molecule has 41 heavy (non-hydrogen) atoms. The zero-order valence-corrected chi connectivity index (χ0v) is 24.2. The number of phenolic OH excluding ortho intramolecular Hbond substituents is 1. The molecule has 0 bridgehead atoms. The number of nitrogens with two attached hydrogens (primary N) is 1. The molecule has 1 saturated carbocycles. The number of hydrogen-bond donors (Lipinski definition) is 5. The van der Waals surface area contributed by atoms with Crippen LogP contribution in [0.4, 0.5) is 0 Å². The van der Waals surface area contributed by atoms with Crippen molar-refractivity contribution in [1.29, 1.82) is 0 Å². The van der Waals surface area contributed by atoms with Gasteiger partial charge in [-0.25, -0.2) is 0 Å². The van der Waals surface area contributed by atoms with E-state index in [1.54, 1.807) is 14.1 Å². The minimum atomic E-state index is -2.68. The number of hydrogen-bond acceptors (Lipinski definition) is 11. The summed E-state index contributed by atoms with van der Waals surface area (Å²) in [7, 11) is 6.50. The molecule has 3 aliphatic carbocycles. The van der Waals surface area contributed by atoms with Crippen LogP contribution < -0.4 is 10.5 Å². The highest BCUT2D eigenvalue weighted by Gasteiger charge is 2.64. The monoisotopic (exact) mass is 573 g/mol. The number of rotatable bonds is 9. The molecule has 1 aromatic carbocycles. The SMILES string of the molecule is COc1c(CN(C)CCOC(C)C)cc(O)c2c1C[C@H]1C[C@H]3[C@H](N(C)C)C(=O)C(C(N)=O)=C(O)[C@@]3(O)C(=O)C1=C2O. The zero-order chi connectivity index (χ0) is 30.5. The Bertz CT molecular complexity index is 1350. The molecule has 0 aromatic heterocycles. The third kappa shape index (κ3) is 4.88. The number of fused-ring (bicyclic) bond motifs is 3. The molecule has 0 saturated heterocycles. The predicted octanol–water partition coefficient (Wildman–Crippen LogP) is 0.829. The summed E-state index contributed by atoms with van der Waals surface area (Å²) in [6.45, 7) is 5.44. The van der Waals surface area contributed by atoms with E-state index in [0.29, 0.717) is 36.6 Å². The number of ether oxygens (including phenoxy) is 2. The van der Waals surface area contributed by atoms with E-state index in [1.165, 1.54) is 18.1 Å². The number of Topliss-reactive ketones (excluding diaryl/α,β-unsaturated/α-hetero) is 2. The lowest BCUT2D eigenvalue weighted by molar-refractivity contribution is -0.153. The summed E-state index contributed by atoms with van der Waals surface area (Å²) in [6, 6.07) is 0.319. The quantitative estimate of drug-likeness (QED) is 0.264. The standard InChI is InChI=1S/C29H39N3O9/c1-13(2)41-8-7-32(5)12-15-11-18(33)20-16(25(15)40-6)9-14-10-17-22(31(3)4)24(35)21(28(30)38)27(37)29(17,39)26(36)19(14)23(20)34/h11,13-14,17,22,33-34,37,39H,7-10,12H2,1-6H3,(H2,30,38)/t14-,17-,22-,29-/m0/s1. The van der Waals surface area contributed by atoms with Crippen LogP contribution in [0.5, 0.6) is 11.5 Å². The molecule has 0 unspecified atom stereocenters. The second-order valence-corrected chi connectivity index (χ2v) is 11.6. The van der Waals surface area contributed by atoms with Gasteiger partial charge in [0, 0.05) is 35.7 Å². The number of likely N-dealkylation sites (N-methyl/N-ethyl adjacent to an activating group) is 2. The molecular formula is C29H39N3O9. The normalized spacial score (nSPS) is 26.0. The van der Waals surface area contributed by atoms with E-state index in [1.807, 2.05) is 25.8 Å².